The third-order valence-corrected chi connectivity index (χ3v) is 5.02. The Morgan fingerprint density at radius 3 is 2.63 bits per heavy atom. The van der Waals surface area contributed by atoms with Crippen molar-refractivity contribution in [3.05, 3.63) is 51.4 Å². The molecule has 9 heteroatoms. The second-order valence-corrected chi connectivity index (χ2v) is 6.77. The maximum Gasteiger partial charge on any atom is 0.341 e. The summed E-state index contributed by atoms with van der Waals surface area (Å²) in [6, 6.07) is 2.81. The van der Waals surface area contributed by atoms with Crippen molar-refractivity contribution < 1.29 is 23.1 Å². The van der Waals surface area contributed by atoms with Crippen molar-refractivity contribution in [3.63, 3.8) is 0 Å². The lowest BCUT2D eigenvalue weighted by Crippen LogP contribution is -2.24. The van der Waals surface area contributed by atoms with E-state index in [-0.39, 0.29) is 40.1 Å². The van der Waals surface area contributed by atoms with Gasteiger partial charge in [-0.2, -0.15) is 0 Å². The Morgan fingerprint density at radius 2 is 2.04 bits per heavy atom. The van der Waals surface area contributed by atoms with Crippen LogP contribution in [-0.4, -0.2) is 25.5 Å². The predicted octanol–water partition coefficient (Wildman–Crippen LogP) is 3.00. The summed E-state index contributed by atoms with van der Waals surface area (Å²) in [6.45, 7) is 3.59. The highest BCUT2D eigenvalue weighted by atomic mass is 32.1. The van der Waals surface area contributed by atoms with E-state index >= 15 is 0 Å². The minimum atomic E-state index is -0.683. The number of nitrogens with one attached hydrogen (secondary N) is 2. The first-order valence-electron chi connectivity index (χ1n) is 8.28. The van der Waals surface area contributed by atoms with Gasteiger partial charge in [-0.3, -0.25) is 4.79 Å². The van der Waals surface area contributed by atoms with Crippen LogP contribution >= 0.6 is 11.3 Å². The number of benzene rings is 1. The molecule has 4 N–H and O–H groups in total. The number of carbonyl (C=O) groups is 2. The molecule has 2 aromatic rings. The van der Waals surface area contributed by atoms with Gasteiger partial charge in [0.2, 0.25) is 0 Å². The van der Waals surface area contributed by atoms with E-state index in [9.17, 15) is 18.4 Å². The summed E-state index contributed by atoms with van der Waals surface area (Å²) in [5.41, 5.74) is 6.70. The number of nitrogen functional groups attached to an aromatic ring is 1. The van der Waals surface area contributed by atoms with Crippen molar-refractivity contribution in [2.24, 2.45) is 0 Å². The SMILES string of the molecule is CCOC(=O)c1c(N)sc(C(=O)NC)c1CN[C@@H](C)c1ccc(F)cc1F. The van der Waals surface area contributed by atoms with Gasteiger partial charge < -0.3 is 21.1 Å². The zero-order valence-corrected chi connectivity index (χ0v) is 16.0. The number of hydrogen-bond acceptors (Lipinski definition) is 6. The van der Waals surface area contributed by atoms with Gasteiger partial charge in [-0.1, -0.05) is 6.07 Å². The maximum atomic E-state index is 14.0. The Hall–Kier alpha value is -2.52. The van der Waals surface area contributed by atoms with Crippen LogP contribution in [0.1, 0.15) is 51.0 Å². The van der Waals surface area contributed by atoms with Crippen molar-refractivity contribution in [1.82, 2.24) is 10.6 Å². The molecular weight excluding hydrogens is 376 g/mol. The fourth-order valence-electron chi connectivity index (χ4n) is 2.60. The second-order valence-electron chi connectivity index (χ2n) is 5.72. The lowest BCUT2D eigenvalue weighted by Gasteiger charge is -2.16. The molecule has 0 saturated carbocycles. The van der Waals surface area contributed by atoms with Gasteiger partial charge in [0, 0.05) is 36.8 Å². The number of hydrogen-bond donors (Lipinski definition) is 3. The molecule has 1 amide bonds. The molecule has 0 spiro atoms. The van der Waals surface area contributed by atoms with E-state index in [4.69, 9.17) is 10.5 Å². The monoisotopic (exact) mass is 397 g/mol. The van der Waals surface area contributed by atoms with Crippen LogP contribution in [0.15, 0.2) is 18.2 Å². The molecule has 1 heterocycles. The molecule has 2 rings (SSSR count). The van der Waals surface area contributed by atoms with E-state index < -0.39 is 23.6 Å². The number of carbonyl (C=O) groups excluding carboxylic acids is 2. The zero-order chi connectivity index (χ0) is 20.1. The number of nitrogens with two attached hydrogens (primary N) is 1. The minimum absolute atomic E-state index is 0.0720. The van der Waals surface area contributed by atoms with Crippen LogP contribution in [-0.2, 0) is 11.3 Å². The highest BCUT2D eigenvalue weighted by molar-refractivity contribution is 7.18. The number of rotatable bonds is 7. The number of amides is 1. The predicted molar refractivity (Wildman–Crippen MR) is 99.7 cm³/mol. The molecule has 6 nitrogen and oxygen atoms in total. The first-order valence-corrected chi connectivity index (χ1v) is 9.10. The minimum Gasteiger partial charge on any atom is -0.462 e. The Bertz CT molecular complexity index is 855. The molecule has 1 aromatic carbocycles. The molecule has 0 bridgehead atoms. The molecule has 0 saturated heterocycles. The third-order valence-electron chi connectivity index (χ3n) is 3.96. The van der Waals surface area contributed by atoms with Crippen LogP contribution in [0.5, 0.6) is 0 Å². The normalized spacial score (nSPS) is 11.9. The molecule has 1 atom stereocenters. The molecule has 0 aliphatic carbocycles. The van der Waals surface area contributed by atoms with Crippen LogP contribution < -0.4 is 16.4 Å². The van der Waals surface area contributed by atoms with E-state index in [1.165, 1.54) is 19.2 Å². The summed E-state index contributed by atoms with van der Waals surface area (Å²) in [5, 5.41) is 5.72. The fourth-order valence-corrected chi connectivity index (χ4v) is 3.62. The highest BCUT2D eigenvalue weighted by Crippen LogP contribution is 2.32. The Morgan fingerprint density at radius 1 is 1.33 bits per heavy atom. The molecule has 1 aromatic heterocycles. The Labute approximate surface area is 159 Å². The van der Waals surface area contributed by atoms with Crippen LogP contribution in [0.25, 0.3) is 0 Å². The molecule has 0 aliphatic rings. The summed E-state index contributed by atoms with van der Waals surface area (Å²) in [5.74, 6) is -2.36. The molecule has 0 aliphatic heterocycles. The average molecular weight is 397 g/mol. The maximum absolute atomic E-state index is 14.0. The lowest BCUT2D eigenvalue weighted by atomic mass is 10.1. The van der Waals surface area contributed by atoms with Crippen molar-refractivity contribution in [2.75, 3.05) is 19.4 Å². The molecular formula is C18H21F2N3O3S. The summed E-state index contributed by atoms with van der Waals surface area (Å²) in [7, 11) is 1.47. The molecule has 0 fully saturated rings. The van der Waals surface area contributed by atoms with Crippen LogP contribution in [0.2, 0.25) is 0 Å². The number of ether oxygens (including phenoxy) is 1. The Balaban J connectivity index is 2.32. The van der Waals surface area contributed by atoms with Crippen LogP contribution in [0, 0.1) is 11.6 Å². The molecule has 27 heavy (non-hydrogen) atoms. The number of anilines is 1. The first-order chi connectivity index (χ1) is 12.8. The van der Waals surface area contributed by atoms with E-state index in [1.807, 2.05) is 0 Å². The largest absolute Gasteiger partial charge is 0.462 e. The smallest absolute Gasteiger partial charge is 0.341 e. The standard InChI is InChI=1S/C18H21F2N3O3S/c1-4-26-18(25)14-12(15(17(24)22-3)27-16(14)21)8-23-9(2)11-6-5-10(19)7-13(11)20/h5-7,9,23H,4,8,21H2,1-3H3,(H,22,24)/t9-/m0/s1. The van der Waals surface area contributed by atoms with Gasteiger partial charge in [-0.25, -0.2) is 13.6 Å². The summed E-state index contributed by atoms with van der Waals surface area (Å²) >= 11 is 0.982. The summed E-state index contributed by atoms with van der Waals surface area (Å²) in [6.07, 6.45) is 0. The van der Waals surface area contributed by atoms with E-state index in [0.29, 0.717) is 5.56 Å². The van der Waals surface area contributed by atoms with Crippen molar-refractivity contribution in [1.29, 1.82) is 0 Å². The van der Waals surface area contributed by atoms with Crippen LogP contribution in [0.4, 0.5) is 13.8 Å². The lowest BCUT2D eigenvalue weighted by molar-refractivity contribution is 0.0526. The average Bonchev–Trinajstić information content (AvgIpc) is 2.95. The van der Waals surface area contributed by atoms with Gasteiger partial charge in [0.1, 0.15) is 16.6 Å². The quantitative estimate of drug-likeness (QED) is 0.625. The highest BCUT2D eigenvalue weighted by Gasteiger charge is 2.26. The first kappa shape index (κ1) is 20.8. The van der Waals surface area contributed by atoms with E-state index in [0.717, 1.165) is 17.4 Å². The zero-order valence-electron chi connectivity index (χ0n) is 15.2. The van der Waals surface area contributed by atoms with Gasteiger partial charge in [0.25, 0.3) is 5.91 Å². The van der Waals surface area contributed by atoms with Gasteiger partial charge in [0.15, 0.2) is 0 Å². The third kappa shape index (κ3) is 4.61. The van der Waals surface area contributed by atoms with Crippen LogP contribution in [0.3, 0.4) is 0 Å². The number of halogens is 2. The number of esters is 1. The van der Waals surface area contributed by atoms with Crippen molar-refractivity contribution in [2.45, 2.75) is 26.4 Å². The van der Waals surface area contributed by atoms with Gasteiger partial charge in [0.05, 0.1) is 17.0 Å². The molecule has 146 valence electrons. The van der Waals surface area contributed by atoms with E-state index in [1.54, 1.807) is 13.8 Å². The van der Waals surface area contributed by atoms with Gasteiger partial charge in [-0.05, 0) is 19.9 Å². The van der Waals surface area contributed by atoms with Gasteiger partial charge in [-0.15, -0.1) is 11.3 Å². The second kappa shape index (κ2) is 8.92. The fraction of sp³-hybridized carbons (Fsp3) is 0.333. The number of thiophene rings is 1. The molecule has 0 radical (unpaired) electrons. The van der Waals surface area contributed by atoms with Crippen molar-refractivity contribution in [3.8, 4) is 0 Å². The summed E-state index contributed by atoms with van der Waals surface area (Å²) in [4.78, 5) is 24.7. The van der Waals surface area contributed by atoms with Gasteiger partial charge >= 0.3 is 5.97 Å². The molecule has 0 unspecified atom stereocenters. The van der Waals surface area contributed by atoms with Crippen molar-refractivity contribution >= 4 is 28.2 Å². The van der Waals surface area contributed by atoms with E-state index in [2.05, 4.69) is 10.6 Å². The summed E-state index contributed by atoms with van der Waals surface area (Å²) < 4.78 is 32.1. The Kier molecular flexibility index (Phi) is 6.86. The topological polar surface area (TPSA) is 93.5 Å².